The Morgan fingerprint density at radius 2 is 1.58 bits per heavy atom. The highest BCUT2D eigenvalue weighted by Gasteiger charge is 2.31. The molecule has 0 amide bonds. The minimum absolute atomic E-state index is 0.240. The number of ether oxygens (including phenoxy) is 1. The van der Waals surface area contributed by atoms with E-state index in [-0.39, 0.29) is 12.2 Å². The van der Waals surface area contributed by atoms with E-state index in [4.69, 9.17) is 4.74 Å². The third kappa shape index (κ3) is 3.17. The van der Waals surface area contributed by atoms with Crippen LogP contribution < -0.4 is 0 Å². The Kier molecular flexibility index (Phi) is 5.05. The van der Waals surface area contributed by atoms with E-state index in [1.807, 2.05) is 19.0 Å². The molecule has 24 heavy (non-hydrogen) atoms. The van der Waals surface area contributed by atoms with Crippen molar-refractivity contribution >= 4 is 0 Å². The van der Waals surface area contributed by atoms with Crippen LogP contribution in [-0.2, 0) is 11.8 Å². The Morgan fingerprint density at radius 3 is 2.04 bits per heavy atom. The molecular weight excluding hydrogens is 318 g/mol. The molecule has 2 aromatic rings. The van der Waals surface area contributed by atoms with Gasteiger partial charge in [-0.15, -0.1) is 0 Å². The van der Waals surface area contributed by atoms with Gasteiger partial charge >= 0.3 is 0 Å². The zero-order valence-corrected chi connectivity index (χ0v) is 13.6. The number of benzene rings is 1. The summed E-state index contributed by atoms with van der Waals surface area (Å²) >= 11 is 0. The van der Waals surface area contributed by atoms with Crippen LogP contribution in [0.15, 0.2) is 12.3 Å². The van der Waals surface area contributed by atoms with Crippen molar-refractivity contribution in [2.24, 2.45) is 7.05 Å². The van der Waals surface area contributed by atoms with Gasteiger partial charge in [0.2, 0.25) is 17.2 Å². The number of aromatic nitrogens is 2. The molecule has 5 N–H and O–H groups in total. The molecule has 0 aliphatic carbocycles. The molecule has 0 saturated heterocycles. The summed E-state index contributed by atoms with van der Waals surface area (Å²) in [6.45, 7) is 0.802. The van der Waals surface area contributed by atoms with Crippen LogP contribution in [0.25, 0.3) is 0 Å². The predicted octanol–water partition coefficient (Wildman–Crippen LogP) is 0.616. The van der Waals surface area contributed by atoms with Gasteiger partial charge in [0, 0.05) is 19.8 Å². The van der Waals surface area contributed by atoms with E-state index in [0.29, 0.717) is 12.2 Å². The van der Waals surface area contributed by atoms with Crippen molar-refractivity contribution in [3.05, 3.63) is 23.5 Å². The predicted molar refractivity (Wildman–Crippen MR) is 84.3 cm³/mol. The lowest BCUT2D eigenvalue weighted by Gasteiger charge is -2.22. The van der Waals surface area contributed by atoms with Gasteiger partial charge in [0.15, 0.2) is 11.5 Å². The molecule has 0 bridgehead atoms. The quantitative estimate of drug-likeness (QED) is 0.382. The van der Waals surface area contributed by atoms with Crippen LogP contribution >= 0.6 is 0 Å². The average Bonchev–Trinajstić information content (AvgIpc) is 2.95. The Morgan fingerprint density at radius 1 is 1.04 bits per heavy atom. The number of phenolic OH excluding ortho intramolecular Hbond substituents is 5. The fraction of sp³-hybridized carbons (Fsp3) is 0.400. The lowest BCUT2D eigenvalue weighted by molar-refractivity contribution is 0.0602. The number of nitrogens with zero attached hydrogens (tertiary/aromatic N) is 3. The van der Waals surface area contributed by atoms with E-state index in [1.54, 1.807) is 13.1 Å². The molecule has 1 aromatic carbocycles. The smallest absolute Gasteiger partial charge is 0.208 e. The van der Waals surface area contributed by atoms with Crippen LogP contribution in [0.5, 0.6) is 28.7 Å². The maximum Gasteiger partial charge on any atom is 0.208 e. The summed E-state index contributed by atoms with van der Waals surface area (Å²) in [5.74, 6) is -4.45. The standard InChI is InChI=1S/C15H21N3O6/c1-17(2)6-7-24-15(8-4-5-16-18(8)3)9-10(19)12(21)14(23)13(22)11(9)20/h4-5,15,19-23H,6-7H2,1-3H3. The summed E-state index contributed by atoms with van der Waals surface area (Å²) in [5.41, 5.74) is 0.217. The second-order valence-electron chi connectivity index (χ2n) is 5.59. The summed E-state index contributed by atoms with van der Waals surface area (Å²) in [6.07, 6.45) is 0.487. The normalized spacial score (nSPS) is 12.7. The monoisotopic (exact) mass is 339 g/mol. The van der Waals surface area contributed by atoms with E-state index >= 15 is 0 Å². The summed E-state index contributed by atoms with van der Waals surface area (Å²) in [6, 6.07) is 1.61. The van der Waals surface area contributed by atoms with Gasteiger partial charge in [0.05, 0.1) is 17.9 Å². The van der Waals surface area contributed by atoms with Crippen LogP contribution in [0.3, 0.4) is 0 Å². The zero-order valence-electron chi connectivity index (χ0n) is 13.6. The molecular formula is C15H21N3O6. The number of rotatable bonds is 6. The molecule has 132 valence electrons. The van der Waals surface area contributed by atoms with Gasteiger partial charge in [-0.05, 0) is 20.2 Å². The Balaban J connectivity index is 2.54. The Labute approximate surface area is 138 Å². The molecule has 9 nitrogen and oxygen atoms in total. The maximum absolute atomic E-state index is 10.2. The number of likely N-dealkylation sites (N-methyl/N-ethyl adjacent to an activating group) is 1. The summed E-state index contributed by atoms with van der Waals surface area (Å²) in [5, 5.41) is 53.4. The first-order valence-electron chi connectivity index (χ1n) is 7.18. The topological polar surface area (TPSA) is 131 Å². The van der Waals surface area contributed by atoms with Gasteiger partial charge < -0.3 is 35.2 Å². The van der Waals surface area contributed by atoms with E-state index in [0.717, 1.165) is 0 Å². The highest BCUT2D eigenvalue weighted by molar-refractivity contribution is 5.68. The number of aryl methyl sites for hydroxylation is 1. The van der Waals surface area contributed by atoms with Gasteiger partial charge in [-0.3, -0.25) is 4.68 Å². The lowest BCUT2D eigenvalue weighted by atomic mass is 10.0. The third-order valence-electron chi connectivity index (χ3n) is 3.62. The Bertz CT molecular complexity index is 699. The Hall–Kier alpha value is -2.65. The molecule has 1 unspecified atom stereocenters. The molecule has 1 heterocycles. The second-order valence-corrected chi connectivity index (χ2v) is 5.59. The van der Waals surface area contributed by atoms with Gasteiger partial charge in [-0.1, -0.05) is 0 Å². The number of hydrogen-bond donors (Lipinski definition) is 5. The van der Waals surface area contributed by atoms with Gasteiger partial charge in [-0.25, -0.2) is 0 Å². The number of phenols is 5. The molecule has 0 aliphatic rings. The highest BCUT2D eigenvalue weighted by Crippen LogP contribution is 2.54. The fourth-order valence-electron chi connectivity index (χ4n) is 2.26. The van der Waals surface area contributed by atoms with Crippen molar-refractivity contribution in [2.75, 3.05) is 27.2 Å². The second kappa shape index (κ2) is 6.85. The van der Waals surface area contributed by atoms with Crippen LogP contribution in [0.2, 0.25) is 0 Å². The lowest BCUT2D eigenvalue weighted by Crippen LogP contribution is -2.21. The van der Waals surface area contributed by atoms with Crippen LogP contribution in [-0.4, -0.2) is 67.5 Å². The molecule has 0 aliphatic heterocycles. The minimum Gasteiger partial charge on any atom is -0.504 e. The first-order valence-corrected chi connectivity index (χ1v) is 7.18. The molecule has 0 saturated carbocycles. The van der Waals surface area contributed by atoms with Crippen molar-refractivity contribution in [3.8, 4) is 28.7 Å². The largest absolute Gasteiger partial charge is 0.504 e. The average molecular weight is 339 g/mol. The molecule has 1 atom stereocenters. The summed E-state index contributed by atoms with van der Waals surface area (Å²) in [4.78, 5) is 1.88. The molecule has 0 radical (unpaired) electrons. The minimum atomic E-state index is -1.02. The number of aromatic hydroxyl groups is 5. The highest BCUT2D eigenvalue weighted by atomic mass is 16.5. The molecule has 0 fully saturated rings. The fourth-order valence-corrected chi connectivity index (χ4v) is 2.26. The van der Waals surface area contributed by atoms with E-state index < -0.39 is 34.9 Å². The third-order valence-corrected chi connectivity index (χ3v) is 3.62. The molecule has 2 rings (SSSR count). The van der Waals surface area contributed by atoms with Gasteiger partial charge in [0.25, 0.3) is 0 Å². The van der Waals surface area contributed by atoms with Gasteiger partial charge in [0.1, 0.15) is 6.10 Å². The first-order chi connectivity index (χ1) is 11.3. The molecule has 0 spiro atoms. The van der Waals surface area contributed by atoms with E-state index in [1.165, 1.54) is 10.9 Å². The SMILES string of the molecule is CN(C)CCOC(c1c(O)c(O)c(O)c(O)c1O)c1ccnn1C. The maximum atomic E-state index is 10.2. The van der Waals surface area contributed by atoms with Crippen LogP contribution in [0, 0.1) is 0 Å². The molecule has 9 heteroatoms. The van der Waals surface area contributed by atoms with Crippen molar-refractivity contribution in [3.63, 3.8) is 0 Å². The zero-order chi connectivity index (χ0) is 18.0. The van der Waals surface area contributed by atoms with E-state index in [9.17, 15) is 25.5 Å². The van der Waals surface area contributed by atoms with Crippen LogP contribution in [0.1, 0.15) is 17.4 Å². The molecule has 1 aromatic heterocycles. The summed E-state index contributed by atoms with van der Waals surface area (Å²) in [7, 11) is 5.36. The summed E-state index contributed by atoms with van der Waals surface area (Å²) < 4.78 is 7.22. The first kappa shape index (κ1) is 17.7. The van der Waals surface area contributed by atoms with Crippen molar-refractivity contribution < 1.29 is 30.3 Å². The van der Waals surface area contributed by atoms with Gasteiger partial charge in [-0.2, -0.15) is 5.10 Å². The van der Waals surface area contributed by atoms with Crippen LogP contribution in [0.4, 0.5) is 0 Å². The number of hydrogen-bond acceptors (Lipinski definition) is 8. The van der Waals surface area contributed by atoms with E-state index in [2.05, 4.69) is 5.10 Å². The van der Waals surface area contributed by atoms with Crippen molar-refractivity contribution in [2.45, 2.75) is 6.10 Å². The van der Waals surface area contributed by atoms with Crippen molar-refractivity contribution in [1.82, 2.24) is 14.7 Å². The van der Waals surface area contributed by atoms with Crippen molar-refractivity contribution in [1.29, 1.82) is 0 Å².